The quantitative estimate of drug-likeness (QED) is 0.139. The summed E-state index contributed by atoms with van der Waals surface area (Å²) >= 11 is 0. The van der Waals surface area contributed by atoms with Crippen LogP contribution < -0.4 is 29.6 Å². The second-order valence-electron chi connectivity index (χ2n) is 5.16. The van der Waals surface area contributed by atoms with Gasteiger partial charge in [-0.15, -0.1) is 0 Å². The number of hydrogen-bond acceptors (Lipinski definition) is 7. The topological polar surface area (TPSA) is 110 Å². The summed E-state index contributed by atoms with van der Waals surface area (Å²) < 4.78 is 40.7. The smallest absolute Gasteiger partial charge is 0.748 e. The van der Waals surface area contributed by atoms with Crippen molar-refractivity contribution in [2.45, 2.75) is 46.0 Å². The van der Waals surface area contributed by atoms with Gasteiger partial charge in [0.25, 0.3) is 0 Å². The van der Waals surface area contributed by atoms with Gasteiger partial charge in [-0.2, -0.15) is 0 Å². The van der Waals surface area contributed by atoms with Gasteiger partial charge in [0.2, 0.25) is 0 Å². The Balaban J connectivity index is 0. The summed E-state index contributed by atoms with van der Waals surface area (Å²) in [5, 5.41) is 0. The van der Waals surface area contributed by atoms with E-state index >= 15 is 0 Å². The molecule has 0 aromatic rings. The molecule has 0 aliphatic carbocycles. The van der Waals surface area contributed by atoms with Crippen molar-refractivity contribution in [1.29, 1.82) is 0 Å². The maximum absolute atomic E-state index is 11.5. The summed E-state index contributed by atoms with van der Waals surface area (Å²) in [6.07, 6.45) is 5.89. The summed E-state index contributed by atoms with van der Waals surface area (Å²) in [6.45, 7) is 4.24. The van der Waals surface area contributed by atoms with Gasteiger partial charge >= 0.3 is 41.5 Å². The molecule has 7 nitrogen and oxygen atoms in total. The van der Waals surface area contributed by atoms with Crippen molar-refractivity contribution in [2.75, 3.05) is 19.0 Å². The SMILES string of the molecule is CCCCC(CC)COC(=O)/C=C\C(=O)OCCCS(=O)(=O)[O-].[Na+]. The molecule has 0 aliphatic rings. The minimum Gasteiger partial charge on any atom is -0.748 e. The fraction of sp³-hybridized carbons (Fsp3) is 0.733. The summed E-state index contributed by atoms with van der Waals surface area (Å²) in [6, 6.07) is 0. The Kier molecular flexibility index (Phi) is 16.0. The summed E-state index contributed by atoms with van der Waals surface area (Å²) in [7, 11) is -4.31. The van der Waals surface area contributed by atoms with Gasteiger partial charge in [-0.05, 0) is 18.8 Å². The Labute approximate surface area is 166 Å². The Morgan fingerprint density at radius 2 is 1.67 bits per heavy atom. The first-order valence-electron chi connectivity index (χ1n) is 7.73. The van der Waals surface area contributed by atoms with E-state index < -0.39 is 27.8 Å². The van der Waals surface area contributed by atoms with E-state index in [0.717, 1.165) is 37.8 Å². The van der Waals surface area contributed by atoms with Gasteiger partial charge in [0.05, 0.1) is 23.3 Å². The molecule has 0 aliphatic heterocycles. The zero-order valence-electron chi connectivity index (χ0n) is 14.7. The van der Waals surface area contributed by atoms with Crippen molar-refractivity contribution < 1.29 is 61.6 Å². The molecule has 0 aromatic carbocycles. The van der Waals surface area contributed by atoms with Crippen molar-refractivity contribution in [3.63, 3.8) is 0 Å². The fourth-order valence-corrected chi connectivity index (χ4v) is 2.21. The molecular formula is C15H25NaO7S. The molecule has 0 rings (SSSR count). The predicted octanol–water partition coefficient (Wildman–Crippen LogP) is -1.22. The molecule has 0 bridgehead atoms. The molecule has 9 heteroatoms. The van der Waals surface area contributed by atoms with E-state index in [4.69, 9.17) is 4.74 Å². The minimum absolute atomic E-state index is 0. The Morgan fingerprint density at radius 1 is 1.08 bits per heavy atom. The summed E-state index contributed by atoms with van der Waals surface area (Å²) in [5.41, 5.74) is 0. The van der Waals surface area contributed by atoms with E-state index in [1.54, 1.807) is 0 Å². The number of carbonyl (C=O) groups excluding carboxylic acids is 2. The van der Waals surface area contributed by atoms with Gasteiger partial charge in [0.15, 0.2) is 0 Å². The standard InChI is InChI=1S/C15H26O7S.Na/c1-3-5-7-13(4-2)12-22-15(17)9-8-14(16)21-10-6-11-23(18,19)20;/h8-9,13H,3-7,10-12H2,1-2H3,(H,18,19,20);/q;+1/p-1/b9-8-;. The molecule has 0 saturated carbocycles. The van der Waals surface area contributed by atoms with Gasteiger partial charge in [-0.1, -0.05) is 33.1 Å². The Bertz CT molecular complexity index is 488. The van der Waals surface area contributed by atoms with Crippen LogP contribution in [0.1, 0.15) is 46.0 Å². The van der Waals surface area contributed by atoms with Crippen LogP contribution in [0.2, 0.25) is 0 Å². The van der Waals surface area contributed by atoms with Crippen molar-refractivity contribution in [3.8, 4) is 0 Å². The van der Waals surface area contributed by atoms with Crippen LogP contribution in [-0.4, -0.2) is 43.9 Å². The largest absolute Gasteiger partial charge is 1.00 e. The predicted molar refractivity (Wildman–Crippen MR) is 83.5 cm³/mol. The van der Waals surface area contributed by atoms with Gasteiger partial charge in [0, 0.05) is 17.9 Å². The molecule has 134 valence electrons. The van der Waals surface area contributed by atoms with E-state index in [1.807, 2.05) is 6.92 Å². The van der Waals surface area contributed by atoms with E-state index in [1.165, 1.54) is 0 Å². The van der Waals surface area contributed by atoms with Crippen LogP contribution in [0.15, 0.2) is 12.2 Å². The third-order valence-electron chi connectivity index (χ3n) is 3.14. The van der Waals surface area contributed by atoms with Crippen molar-refractivity contribution in [2.24, 2.45) is 5.92 Å². The average Bonchev–Trinajstić information content (AvgIpc) is 2.48. The summed E-state index contributed by atoms with van der Waals surface area (Å²) in [5.74, 6) is -1.70. The van der Waals surface area contributed by atoms with Crippen LogP contribution >= 0.6 is 0 Å². The number of esters is 2. The number of rotatable bonds is 12. The van der Waals surface area contributed by atoms with E-state index in [9.17, 15) is 22.6 Å². The van der Waals surface area contributed by atoms with E-state index in [0.29, 0.717) is 12.5 Å². The number of unbranched alkanes of at least 4 members (excludes halogenated alkanes) is 1. The second-order valence-corrected chi connectivity index (χ2v) is 6.69. The normalized spacial score (nSPS) is 12.5. The van der Waals surface area contributed by atoms with Crippen LogP contribution in [0.4, 0.5) is 0 Å². The Hall–Kier alpha value is -0.410. The molecule has 0 radical (unpaired) electrons. The van der Waals surface area contributed by atoms with E-state index in [2.05, 4.69) is 11.7 Å². The molecule has 0 aromatic heterocycles. The van der Waals surface area contributed by atoms with Gasteiger partial charge < -0.3 is 14.0 Å². The maximum Gasteiger partial charge on any atom is 1.00 e. The monoisotopic (exact) mass is 372 g/mol. The molecule has 0 spiro atoms. The molecule has 24 heavy (non-hydrogen) atoms. The zero-order valence-corrected chi connectivity index (χ0v) is 17.5. The fourth-order valence-electron chi connectivity index (χ4n) is 1.74. The second kappa shape index (κ2) is 14.9. The molecule has 0 N–H and O–H groups in total. The third kappa shape index (κ3) is 16.4. The molecule has 1 unspecified atom stereocenters. The number of hydrogen-bond donors (Lipinski definition) is 0. The number of ether oxygens (including phenoxy) is 2. The average molecular weight is 372 g/mol. The molecule has 1 atom stereocenters. The van der Waals surface area contributed by atoms with Crippen molar-refractivity contribution >= 4 is 22.1 Å². The van der Waals surface area contributed by atoms with Gasteiger partial charge in [-0.25, -0.2) is 18.0 Å². The van der Waals surface area contributed by atoms with Crippen molar-refractivity contribution in [3.05, 3.63) is 12.2 Å². The minimum atomic E-state index is -4.31. The first-order chi connectivity index (χ1) is 10.8. The zero-order chi connectivity index (χ0) is 17.7. The third-order valence-corrected chi connectivity index (χ3v) is 3.93. The number of carbonyl (C=O) groups is 2. The summed E-state index contributed by atoms with van der Waals surface area (Å²) in [4.78, 5) is 22.7. The van der Waals surface area contributed by atoms with Gasteiger partial charge in [-0.3, -0.25) is 0 Å². The van der Waals surface area contributed by atoms with Crippen LogP contribution in [0, 0.1) is 5.92 Å². The molecule has 0 heterocycles. The van der Waals surface area contributed by atoms with E-state index in [-0.39, 0.29) is 42.6 Å². The molecule has 0 amide bonds. The maximum atomic E-state index is 11.5. The van der Waals surface area contributed by atoms with Crippen LogP contribution in [0.25, 0.3) is 0 Å². The molecule has 0 fully saturated rings. The molecule has 0 saturated heterocycles. The Morgan fingerprint density at radius 3 is 2.17 bits per heavy atom. The van der Waals surface area contributed by atoms with Crippen LogP contribution in [0.3, 0.4) is 0 Å². The van der Waals surface area contributed by atoms with Gasteiger partial charge in [0.1, 0.15) is 0 Å². The van der Waals surface area contributed by atoms with Crippen LogP contribution in [-0.2, 0) is 29.2 Å². The van der Waals surface area contributed by atoms with Crippen LogP contribution in [0.5, 0.6) is 0 Å². The van der Waals surface area contributed by atoms with Crippen molar-refractivity contribution in [1.82, 2.24) is 0 Å². The first kappa shape index (κ1) is 25.8. The first-order valence-corrected chi connectivity index (χ1v) is 9.31. The molecular weight excluding hydrogens is 347 g/mol.